The van der Waals surface area contributed by atoms with E-state index in [1.165, 1.54) is 11.5 Å². The van der Waals surface area contributed by atoms with Crippen molar-refractivity contribution in [2.24, 2.45) is 0 Å². The molecule has 2 N–H and O–H groups in total. The maximum Gasteiger partial charge on any atom is 0.229 e. The molecule has 0 aliphatic rings. The number of rotatable bonds is 1. The lowest BCUT2D eigenvalue weighted by atomic mass is 10.1. The summed E-state index contributed by atoms with van der Waals surface area (Å²) < 4.78 is 1.29. The monoisotopic (exact) mass is 225 g/mol. The van der Waals surface area contributed by atoms with Gasteiger partial charge in [-0.2, -0.15) is 5.26 Å². The molecule has 0 amide bonds. The van der Waals surface area contributed by atoms with Crippen LogP contribution in [0.25, 0.3) is 11.1 Å². The lowest BCUT2D eigenvalue weighted by molar-refractivity contribution is 0.0939. The van der Waals surface area contributed by atoms with Crippen LogP contribution in [0, 0.1) is 11.3 Å². The van der Waals surface area contributed by atoms with Crippen molar-refractivity contribution in [3.63, 3.8) is 0 Å². The molecule has 1 aromatic carbocycles. The van der Waals surface area contributed by atoms with Crippen molar-refractivity contribution in [3.05, 3.63) is 42.1 Å². The molecule has 0 saturated carbocycles. The van der Waals surface area contributed by atoms with E-state index in [1.807, 2.05) is 36.4 Å². The van der Waals surface area contributed by atoms with Gasteiger partial charge < -0.3 is 5.73 Å². The molecule has 0 fully saturated rings. The molecule has 17 heavy (non-hydrogen) atoms. The molecule has 2 aromatic rings. The van der Waals surface area contributed by atoms with E-state index in [2.05, 4.69) is 0 Å². The summed E-state index contributed by atoms with van der Waals surface area (Å²) in [6.07, 6.45) is 1.60. The molecule has 84 valence electrons. The van der Waals surface area contributed by atoms with Crippen LogP contribution in [-0.2, 0) is 0 Å². The highest BCUT2D eigenvalue weighted by molar-refractivity contribution is 5.87. The highest BCUT2D eigenvalue weighted by Crippen LogP contribution is 2.29. The van der Waals surface area contributed by atoms with Crippen LogP contribution in [0.4, 0.5) is 5.82 Å². The van der Waals surface area contributed by atoms with Crippen LogP contribution in [0.3, 0.4) is 0 Å². The minimum atomic E-state index is -0.207. The predicted molar refractivity (Wildman–Crippen MR) is 65.3 cm³/mol. The fourth-order valence-electron chi connectivity index (χ4n) is 1.74. The van der Waals surface area contributed by atoms with Gasteiger partial charge in [0.25, 0.3) is 0 Å². The Morgan fingerprint density at radius 3 is 2.53 bits per heavy atom. The summed E-state index contributed by atoms with van der Waals surface area (Å²) in [6, 6.07) is 11.4. The molecule has 0 spiro atoms. The first-order chi connectivity index (χ1) is 8.15. The van der Waals surface area contributed by atoms with E-state index in [-0.39, 0.29) is 11.7 Å². The standard InChI is InChI=1S/C13H11N3O/c1-9(17)16-8-12(11(7-14)13(16)15)10-5-3-2-4-6-10/h2-6,8H,15H2,1H3. The molecule has 0 bridgehead atoms. The Morgan fingerprint density at radius 2 is 2.00 bits per heavy atom. The second-order valence-corrected chi connectivity index (χ2v) is 3.67. The first-order valence-corrected chi connectivity index (χ1v) is 5.12. The van der Waals surface area contributed by atoms with Gasteiger partial charge in [0.15, 0.2) is 0 Å². The molecule has 0 atom stereocenters. The van der Waals surface area contributed by atoms with Gasteiger partial charge in [0.2, 0.25) is 5.91 Å². The first-order valence-electron chi connectivity index (χ1n) is 5.12. The molecule has 0 saturated heterocycles. The summed E-state index contributed by atoms with van der Waals surface area (Å²) in [5.74, 6) is -0.0139. The Hall–Kier alpha value is -2.54. The van der Waals surface area contributed by atoms with E-state index in [9.17, 15) is 4.79 Å². The molecular weight excluding hydrogens is 214 g/mol. The van der Waals surface area contributed by atoms with Gasteiger partial charge >= 0.3 is 0 Å². The lowest BCUT2D eigenvalue weighted by Crippen LogP contribution is -2.08. The van der Waals surface area contributed by atoms with Gasteiger partial charge in [0.1, 0.15) is 17.5 Å². The molecule has 2 rings (SSSR count). The number of nitrogen functional groups attached to an aromatic ring is 1. The van der Waals surface area contributed by atoms with E-state index < -0.39 is 0 Å². The fourth-order valence-corrected chi connectivity index (χ4v) is 1.74. The van der Waals surface area contributed by atoms with Crippen LogP contribution in [0.5, 0.6) is 0 Å². The van der Waals surface area contributed by atoms with Gasteiger partial charge in [0, 0.05) is 18.7 Å². The second-order valence-electron chi connectivity index (χ2n) is 3.67. The third kappa shape index (κ3) is 1.79. The first kappa shape index (κ1) is 11.0. The zero-order chi connectivity index (χ0) is 12.4. The number of hydrogen-bond acceptors (Lipinski definition) is 3. The van der Waals surface area contributed by atoms with Crippen molar-refractivity contribution in [2.75, 3.05) is 5.73 Å². The number of carbonyl (C=O) groups is 1. The topological polar surface area (TPSA) is 71.8 Å². The molecule has 0 aliphatic carbocycles. The van der Waals surface area contributed by atoms with Gasteiger partial charge in [-0.05, 0) is 5.56 Å². The Labute approximate surface area is 98.9 Å². The smallest absolute Gasteiger partial charge is 0.229 e. The maximum atomic E-state index is 11.4. The third-order valence-corrected chi connectivity index (χ3v) is 2.58. The molecule has 0 unspecified atom stereocenters. The molecular formula is C13H11N3O. The Morgan fingerprint density at radius 1 is 1.35 bits per heavy atom. The van der Waals surface area contributed by atoms with E-state index in [1.54, 1.807) is 6.20 Å². The highest BCUT2D eigenvalue weighted by atomic mass is 16.1. The number of hydrogen-bond donors (Lipinski definition) is 1. The molecule has 1 aromatic heterocycles. The number of nitriles is 1. The van der Waals surface area contributed by atoms with Gasteiger partial charge in [-0.15, -0.1) is 0 Å². The number of aromatic nitrogens is 1. The van der Waals surface area contributed by atoms with Gasteiger partial charge in [-0.1, -0.05) is 30.3 Å². The zero-order valence-corrected chi connectivity index (χ0v) is 9.34. The van der Waals surface area contributed by atoms with Gasteiger partial charge in [0.05, 0.1) is 0 Å². The van der Waals surface area contributed by atoms with Crippen molar-refractivity contribution in [1.82, 2.24) is 4.57 Å². The van der Waals surface area contributed by atoms with Crippen LogP contribution in [-0.4, -0.2) is 10.5 Å². The summed E-state index contributed by atoms with van der Waals surface area (Å²) in [5, 5.41) is 9.10. The third-order valence-electron chi connectivity index (χ3n) is 2.58. The van der Waals surface area contributed by atoms with Crippen LogP contribution in [0.1, 0.15) is 17.3 Å². The summed E-state index contributed by atoms with van der Waals surface area (Å²) >= 11 is 0. The summed E-state index contributed by atoms with van der Waals surface area (Å²) in [4.78, 5) is 11.4. The number of nitrogens with zero attached hydrogens (tertiary/aromatic N) is 2. The zero-order valence-electron chi connectivity index (χ0n) is 9.34. The van der Waals surface area contributed by atoms with Crippen molar-refractivity contribution in [3.8, 4) is 17.2 Å². The van der Waals surface area contributed by atoms with E-state index in [0.717, 1.165) is 5.56 Å². The minimum Gasteiger partial charge on any atom is -0.384 e. The number of carbonyl (C=O) groups excluding carboxylic acids is 1. The van der Waals surface area contributed by atoms with Crippen LogP contribution in [0.15, 0.2) is 36.5 Å². The molecule has 4 heteroatoms. The Bertz CT molecular complexity index is 606. The Kier molecular flexibility index (Phi) is 2.67. The average Bonchev–Trinajstić information content (AvgIpc) is 2.67. The van der Waals surface area contributed by atoms with Crippen molar-refractivity contribution >= 4 is 11.7 Å². The number of nitrogens with two attached hydrogens (primary N) is 1. The largest absolute Gasteiger partial charge is 0.384 e. The minimum absolute atomic E-state index is 0.193. The van der Waals surface area contributed by atoms with Crippen LogP contribution in [0.2, 0.25) is 0 Å². The molecule has 0 radical (unpaired) electrons. The number of benzene rings is 1. The highest BCUT2D eigenvalue weighted by Gasteiger charge is 2.16. The SMILES string of the molecule is CC(=O)n1cc(-c2ccccc2)c(C#N)c1N. The second kappa shape index (κ2) is 4.14. The molecule has 4 nitrogen and oxygen atoms in total. The normalized spacial score (nSPS) is 9.88. The predicted octanol–water partition coefficient (Wildman–Crippen LogP) is 2.27. The van der Waals surface area contributed by atoms with Crippen LogP contribution < -0.4 is 5.73 Å². The Balaban J connectivity index is 2.68. The average molecular weight is 225 g/mol. The number of anilines is 1. The summed E-state index contributed by atoms with van der Waals surface area (Å²) in [7, 11) is 0. The van der Waals surface area contributed by atoms with E-state index >= 15 is 0 Å². The van der Waals surface area contributed by atoms with Gasteiger partial charge in [-0.3, -0.25) is 9.36 Å². The van der Waals surface area contributed by atoms with Crippen molar-refractivity contribution in [1.29, 1.82) is 5.26 Å². The lowest BCUT2D eigenvalue weighted by Gasteiger charge is -1.97. The summed E-state index contributed by atoms with van der Waals surface area (Å²) in [6.45, 7) is 1.41. The van der Waals surface area contributed by atoms with E-state index in [0.29, 0.717) is 11.1 Å². The molecule has 1 heterocycles. The van der Waals surface area contributed by atoms with Crippen molar-refractivity contribution < 1.29 is 4.79 Å². The molecule has 0 aliphatic heterocycles. The quantitative estimate of drug-likeness (QED) is 0.809. The fraction of sp³-hybridized carbons (Fsp3) is 0.0769. The maximum absolute atomic E-state index is 11.4. The summed E-state index contributed by atoms with van der Waals surface area (Å²) in [5.41, 5.74) is 7.66. The van der Waals surface area contributed by atoms with Crippen molar-refractivity contribution in [2.45, 2.75) is 6.92 Å². The van der Waals surface area contributed by atoms with Gasteiger partial charge in [-0.25, -0.2) is 0 Å². The van der Waals surface area contributed by atoms with E-state index in [4.69, 9.17) is 11.0 Å². The van der Waals surface area contributed by atoms with Crippen LogP contribution >= 0.6 is 0 Å².